The monoisotopic (exact) mass is 354 g/mol. The molecule has 3 rings (SSSR count). The maximum absolute atomic E-state index is 11.8. The summed E-state index contributed by atoms with van der Waals surface area (Å²) >= 11 is 0. The fourth-order valence-corrected chi connectivity index (χ4v) is 3.05. The van der Waals surface area contributed by atoms with Crippen molar-refractivity contribution in [3.05, 3.63) is 58.7 Å². The SMILES string of the molecule is O=C(O)c1cc2c(C(=O)O)c3ccccc3cc2c(C(=O)O)c1C(=O)O. The van der Waals surface area contributed by atoms with E-state index in [0.29, 0.717) is 5.39 Å². The highest BCUT2D eigenvalue weighted by Crippen LogP contribution is 2.34. The molecule has 0 aliphatic carbocycles. The van der Waals surface area contributed by atoms with Gasteiger partial charge in [0.15, 0.2) is 0 Å². The smallest absolute Gasteiger partial charge is 0.337 e. The first kappa shape index (κ1) is 16.9. The zero-order valence-electron chi connectivity index (χ0n) is 12.9. The van der Waals surface area contributed by atoms with Crippen molar-refractivity contribution in [2.24, 2.45) is 0 Å². The number of aromatic carboxylic acids is 4. The molecule has 3 aromatic carbocycles. The van der Waals surface area contributed by atoms with Crippen LogP contribution >= 0.6 is 0 Å². The Morgan fingerprint density at radius 2 is 1.12 bits per heavy atom. The number of benzene rings is 3. The summed E-state index contributed by atoms with van der Waals surface area (Å²) in [4.78, 5) is 46.5. The van der Waals surface area contributed by atoms with Crippen molar-refractivity contribution in [1.82, 2.24) is 0 Å². The summed E-state index contributed by atoms with van der Waals surface area (Å²) in [6, 6.07) is 8.50. The van der Waals surface area contributed by atoms with Gasteiger partial charge in [0.2, 0.25) is 0 Å². The third-order valence-electron chi connectivity index (χ3n) is 4.04. The zero-order valence-corrected chi connectivity index (χ0v) is 12.9. The molecular formula is C18H10O8. The zero-order chi connectivity index (χ0) is 19.2. The van der Waals surface area contributed by atoms with E-state index >= 15 is 0 Å². The van der Waals surface area contributed by atoms with Crippen molar-refractivity contribution in [2.45, 2.75) is 0 Å². The minimum atomic E-state index is -1.73. The Hall–Kier alpha value is -3.94. The van der Waals surface area contributed by atoms with Crippen LogP contribution in [0.1, 0.15) is 41.4 Å². The molecule has 0 unspecified atom stereocenters. The molecule has 3 aromatic rings. The van der Waals surface area contributed by atoms with Gasteiger partial charge in [-0.15, -0.1) is 0 Å². The Kier molecular flexibility index (Phi) is 3.80. The van der Waals surface area contributed by atoms with Crippen LogP contribution in [0, 0.1) is 0 Å². The minimum Gasteiger partial charge on any atom is -0.478 e. The van der Waals surface area contributed by atoms with Gasteiger partial charge in [0, 0.05) is 0 Å². The van der Waals surface area contributed by atoms with Crippen molar-refractivity contribution >= 4 is 45.4 Å². The topological polar surface area (TPSA) is 149 Å². The average Bonchev–Trinajstić information content (AvgIpc) is 2.56. The van der Waals surface area contributed by atoms with Crippen LogP contribution in [0.25, 0.3) is 21.5 Å². The van der Waals surface area contributed by atoms with Crippen LogP contribution in [0.4, 0.5) is 0 Å². The van der Waals surface area contributed by atoms with Gasteiger partial charge in [-0.1, -0.05) is 24.3 Å². The Morgan fingerprint density at radius 1 is 0.577 bits per heavy atom. The lowest BCUT2D eigenvalue weighted by Crippen LogP contribution is -2.16. The lowest BCUT2D eigenvalue weighted by Gasteiger charge is -2.14. The van der Waals surface area contributed by atoms with E-state index in [1.165, 1.54) is 12.1 Å². The molecule has 130 valence electrons. The second-order valence-electron chi connectivity index (χ2n) is 5.46. The first-order valence-electron chi connectivity index (χ1n) is 7.19. The van der Waals surface area contributed by atoms with Gasteiger partial charge in [-0.05, 0) is 33.7 Å². The molecule has 0 atom stereocenters. The summed E-state index contributed by atoms with van der Waals surface area (Å²) in [5.41, 5.74) is -2.75. The molecule has 8 heteroatoms. The predicted molar refractivity (Wildman–Crippen MR) is 89.3 cm³/mol. The van der Waals surface area contributed by atoms with Crippen LogP contribution in [-0.4, -0.2) is 44.3 Å². The minimum absolute atomic E-state index is 0.156. The Labute approximate surface area is 144 Å². The first-order valence-corrected chi connectivity index (χ1v) is 7.19. The molecule has 0 aliphatic rings. The number of carboxylic acid groups (broad SMARTS) is 4. The summed E-state index contributed by atoms with van der Waals surface area (Å²) in [5.74, 6) is -6.45. The highest BCUT2D eigenvalue weighted by atomic mass is 16.4. The average molecular weight is 354 g/mol. The van der Waals surface area contributed by atoms with E-state index in [0.717, 1.165) is 6.07 Å². The molecule has 0 aliphatic heterocycles. The molecule has 0 saturated heterocycles. The number of hydrogen-bond donors (Lipinski definition) is 4. The summed E-state index contributed by atoms with van der Waals surface area (Å²) in [6.45, 7) is 0. The van der Waals surface area contributed by atoms with E-state index in [4.69, 9.17) is 0 Å². The largest absolute Gasteiger partial charge is 0.478 e. The van der Waals surface area contributed by atoms with Crippen LogP contribution in [0.3, 0.4) is 0 Å². The Morgan fingerprint density at radius 3 is 1.65 bits per heavy atom. The number of hydrogen-bond acceptors (Lipinski definition) is 4. The van der Waals surface area contributed by atoms with E-state index in [9.17, 15) is 39.6 Å². The fourth-order valence-electron chi connectivity index (χ4n) is 3.05. The van der Waals surface area contributed by atoms with E-state index in [1.54, 1.807) is 18.2 Å². The first-order chi connectivity index (χ1) is 12.2. The normalized spacial score (nSPS) is 10.8. The van der Waals surface area contributed by atoms with Gasteiger partial charge in [0.25, 0.3) is 0 Å². The quantitative estimate of drug-likeness (QED) is 0.522. The lowest BCUT2D eigenvalue weighted by molar-refractivity contribution is 0.0634. The van der Waals surface area contributed by atoms with Crippen LogP contribution in [0.5, 0.6) is 0 Å². The Bertz CT molecular complexity index is 1140. The number of fused-ring (bicyclic) bond motifs is 2. The van der Waals surface area contributed by atoms with Gasteiger partial charge in [0.1, 0.15) is 0 Å². The van der Waals surface area contributed by atoms with Crippen molar-refractivity contribution in [2.75, 3.05) is 0 Å². The molecule has 0 bridgehead atoms. The Balaban J connectivity index is 2.72. The second kappa shape index (κ2) is 5.85. The molecule has 0 amide bonds. The molecular weight excluding hydrogens is 344 g/mol. The van der Waals surface area contributed by atoms with Gasteiger partial charge in [-0.3, -0.25) is 0 Å². The second-order valence-corrected chi connectivity index (χ2v) is 5.46. The van der Waals surface area contributed by atoms with Crippen molar-refractivity contribution in [3.8, 4) is 0 Å². The van der Waals surface area contributed by atoms with Gasteiger partial charge in [0.05, 0.1) is 22.3 Å². The van der Waals surface area contributed by atoms with Crippen molar-refractivity contribution in [1.29, 1.82) is 0 Å². The summed E-state index contributed by atoms with van der Waals surface area (Å²) in [5, 5.41) is 38.2. The van der Waals surface area contributed by atoms with E-state index in [-0.39, 0.29) is 21.7 Å². The molecule has 0 saturated carbocycles. The summed E-state index contributed by atoms with van der Waals surface area (Å²) in [6.07, 6.45) is 0. The maximum Gasteiger partial charge on any atom is 0.337 e. The van der Waals surface area contributed by atoms with Gasteiger partial charge < -0.3 is 20.4 Å². The third kappa shape index (κ3) is 2.40. The number of carboxylic acids is 4. The molecule has 0 heterocycles. The van der Waals surface area contributed by atoms with Gasteiger partial charge in [-0.25, -0.2) is 19.2 Å². The van der Waals surface area contributed by atoms with E-state index < -0.39 is 40.6 Å². The highest BCUT2D eigenvalue weighted by molar-refractivity contribution is 6.23. The molecule has 0 radical (unpaired) electrons. The van der Waals surface area contributed by atoms with Crippen LogP contribution < -0.4 is 0 Å². The van der Waals surface area contributed by atoms with Gasteiger partial charge in [-0.2, -0.15) is 0 Å². The maximum atomic E-state index is 11.8. The van der Waals surface area contributed by atoms with Crippen LogP contribution in [0.15, 0.2) is 36.4 Å². The molecule has 4 N–H and O–H groups in total. The highest BCUT2D eigenvalue weighted by Gasteiger charge is 2.29. The van der Waals surface area contributed by atoms with Crippen molar-refractivity contribution in [3.63, 3.8) is 0 Å². The van der Waals surface area contributed by atoms with E-state index in [2.05, 4.69) is 0 Å². The predicted octanol–water partition coefficient (Wildman–Crippen LogP) is 2.79. The number of rotatable bonds is 4. The summed E-state index contributed by atoms with van der Waals surface area (Å²) in [7, 11) is 0. The lowest BCUT2D eigenvalue weighted by atomic mass is 9.88. The fraction of sp³-hybridized carbons (Fsp3) is 0. The van der Waals surface area contributed by atoms with Gasteiger partial charge >= 0.3 is 23.9 Å². The number of carbonyl (C=O) groups is 4. The summed E-state index contributed by atoms with van der Waals surface area (Å²) < 4.78 is 0. The third-order valence-corrected chi connectivity index (χ3v) is 4.04. The molecule has 8 nitrogen and oxygen atoms in total. The van der Waals surface area contributed by atoms with Crippen molar-refractivity contribution < 1.29 is 39.6 Å². The van der Waals surface area contributed by atoms with Crippen LogP contribution in [0.2, 0.25) is 0 Å². The molecule has 0 fully saturated rings. The molecule has 0 aromatic heterocycles. The van der Waals surface area contributed by atoms with E-state index in [1.807, 2.05) is 0 Å². The molecule has 26 heavy (non-hydrogen) atoms. The standard InChI is InChI=1S/C18H10O8/c19-15(20)11-6-10-9(13(17(23)24)14(11)18(25)26)5-7-3-1-2-4-8(7)12(10)16(21)22/h1-6H,(H,19,20)(H,21,22)(H,23,24)(H,25,26). The molecule has 0 spiro atoms. The van der Waals surface area contributed by atoms with Crippen LogP contribution in [-0.2, 0) is 0 Å².